The molecule has 2 rings (SSSR count). The molecule has 1 atom stereocenters. The number of aryl methyl sites for hydroxylation is 1. The molecule has 0 saturated heterocycles. The highest BCUT2D eigenvalue weighted by Gasteiger charge is 2.15. The fourth-order valence-electron chi connectivity index (χ4n) is 2.45. The van der Waals surface area contributed by atoms with Crippen LogP contribution >= 0.6 is 11.3 Å². The van der Waals surface area contributed by atoms with Gasteiger partial charge in [0, 0.05) is 30.5 Å². The number of benzene rings is 1. The lowest BCUT2D eigenvalue weighted by molar-refractivity contribution is 0.513. The lowest BCUT2D eigenvalue weighted by atomic mass is 9.92. The van der Waals surface area contributed by atoms with Crippen molar-refractivity contribution in [3.8, 4) is 0 Å². The molecule has 2 nitrogen and oxygen atoms in total. The Hall–Kier alpha value is -1.19. The fraction of sp³-hybridized carbons (Fsp3) is 0.471. The summed E-state index contributed by atoms with van der Waals surface area (Å²) in [5, 5.41) is 6.89. The van der Waals surface area contributed by atoms with Crippen LogP contribution < -0.4 is 5.32 Å². The van der Waals surface area contributed by atoms with Crippen LogP contribution in [0.5, 0.6) is 0 Å². The first-order valence-electron chi connectivity index (χ1n) is 7.31. The minimum absolute atomic E-state index is 0.501. The Morgan fingerprint density at radius 2 is 2.00 bits per heavy atom. The largest absolute Gasteiger partial charge is 0.316 e. The van der Waals surface area contributed by atoms with E-state index in [1.165, 1.54) is 16.1 Å². The van der Waals surface area contributed by atoms with Gasteiger partial charge in [0.1, 0.15) is 0 Å². The van der Waals surface area contributed by atoms with Gasteiger partial charge in [0.05, 0.1) is 5.01 Å². The first-order chi connectivity index (χ1) is 9.66. The van der Waals surface area contributed by atoms with Crippen LogP contribution in [0.4, 0.5) is 0 Å². The van der Waals surface area contributed by atoms with Gasteiger partial charge in [-0.1, -0.05) is 38.1 Å². The van der Waals surface area contributed by atoms with Crippen molar-refractivity contribution >= 4 is 11.3 Å². The molecule has 0 radical (unpaired) electrons. The molecule has 0 aliphatic rings. The van der Waals surface area contributed by atoms with E-state index in [0.29, 0.717) is 11.8 Å². The summed E-state index contributed by atoms with van der Waals surface area (Å²) in [5.74, 6) is 1.19. The van der Waals surface area contributed by atoms with Gasteiger partial charge in [-0.2, -0.15) is 0 Å². The quantitative estimate of drug-likeness (QED) is 0.832. The fourth-order valence-corrected chi connectivity index (χ4v) is 3.15. The number of nitrogens with one attached hydrogen (secondary N) is 1. The predicted molar refractivity (Wildman–Crippen MR) is 87.4 cm³/mol. The molecule has 3 heteroatoms. The van der Waals surface area contributed by atoms with Crippen molar-refractivity contribution in [2.24, 2.45) is 5.92 Å². The maximum atomic E-state index is 4.45. The van der Waals surface area contributed by atoms with Crippen LogP contribution in [0.3, 0.4) is 0 Å². The van der Waals surface area contributed by atoms with E-state index in [-0.39, 0.29) is 0 Å². The Bertz CT molecular complexity index is 505. The SMILES string of the molecule is Cc1ccccc1C(CNCC(C)C)Cc1nccs1. The predicted octanol–water partition coefficient (Wildman–Crippen LogP) is 4.02. The minimum atomic E-state index is 0.501. The summed E-state index contributed by atoms with van der Waals surface area (Å²) in [6.07, 6.45) is 2.92. The van der Waals surface area contributed by atoms with Crippen molar-refractivity contribution in [1.82, 2.24) is 10.3 Å². The Kier molecular flexibility index (Phi) is 5.74. The molecular weight excluding hydrogens is 264 g/mol. The minimum Gasteiger partial charge on any atom is -0.316 e. The molecular formula is C17H24N2S. The summed E-state index contributed by atoms with van der Waals surface area (Å²) < 4.78 is 0. The van der Waals surface area contributed by atoms with E-state index in [1.807, 2.05) is 6.20 Å². The maximum absolute atomic E-state index is 4.45. The van der Waals surface area contributed by atoms with Gasteiger partial charge in [0.25, 0.3) is 0 Å². The van der Waals surface area contributed by atoms with Crippen molar-refractivity contribution in [2.75, 3.05) is 13.1 Å². The summed E-state index contributed by atoms with van der Waals surface area (Å²) in [7, 11) is 0. The van der Waals surface area contributed by atoms with Gasteiger partial charge in [-0.05, 0) is 30.5 Å². The van der Waals surface area contributed by atoms with Gasteiger partial charge in [0.2, 0.25) is 0 Å². The van der Waals surface area contributed by atoms with Crippen LogP contribution in [0.15, 0.2) is 35.8 Å². The van der Waals surface area contributed by atoms with E-state index in [9.17, 15) is 0 Å². The molecule has 1 aromatic carbocycles. The van der Waals surface area contributed by atoms with Crippen molar-refractivity contribution in [2.45, 2.75) is 33.1 Å². The number of hydrogen-bond donors (Lipinski definition) is 1. The summed E-state index contributed by atoms with van der Waals surface area (Å²) in [4.78, 5) is 4.45. The molecule has 0 bridgehead atoms. The van der Waals surface area contributed by atoms with Crippen molar-refractivity contribution in [3.63, 3.8) is 0 Å². The average Bonchev–Trinajstić information content (AvgIpc) is 2.91. The highest BCUT2D eigenvalue weighted by atomic mass is 32.1. The lowest BCUT2D eigenvalue weighted by Gasteiger charge is -2.20. The molecule has 108 valence electrons. The molecule has 1 N–H and O–H groups in total. The van der Waals surface area contributed by atoms with E-state index in [2.05, 4.69) is 60.7 Å². The van der Waals surface area contributed by atoms with Gasteiger partial charge in [-0.15, -0.1) is 11.3 Å². The van der Waals surface area contributed by atoms with Crippen molar-refractivity contribution < 1.29 is 0 Å². The topological polar surface area (TPSA) is 24.9 Å². The molecule has 20 heavy (non-hydrogen) atoms. The zero-order chi connectivity index (χ0) is 14.4. The first kappa shape index (κ1) is 15.2. The monoisotopic (exact) mass is 288 g/mol. The van der Waals surface area contributed by atoms with E-state index in [1.54, 1.807) is 11.3 Å². The average molecular weight is 288 g/mol. The third-order valence-electron chi connectivity index (χ3n) is 3.48. The zero-order valence-electron chi connectivity index (χ0n) is 12.6. The van der Waals surface area contributed by atoms with Gasteiger partial charge in [-0.25, -0.2) is 4.98 Å². The number of aromatic nitrogens is 1. The normalized spacial score (nSPS) is 12.8. The summed E-state index contributed by atoms with van der Waals surface area (Å²) in [6, 6.07) is 8.71. The zero-order valence-corrected chi connectivity index (χ0v) is 13.4. The molecule has 0 amide bonds. The maximum Gasteiger partial charge on any atom is 0.0931 e. The molecule has 0 aliphatic carbocycles. The van der Waals surface area contributed by atoms with Crippen molar-refractivity contribution in [3.05, 3.63) is 52.0 Å². The molecule has 1 aromatic heterocycles. The van der Waals surface area contributed by atoms with Crippen LogP contribution in [0.25, 0.3) is 0 Å². The summed E-state index contributed by atoms with van der Waals surface area (Å²) >= 11 is 1.75. The third-order valence-corrected chi connectivity index (χ3v) is 4.28. The standard InChI is InChI=1S/C17H24N2S/c1-13(2)11-18-12-15(10-17-19-8-9-20-17)16-7-5-4-6-14(16)3/h4-9,13,15,18H,10-12H2,1-3H3. The highest BCUT2D eigenvalue weighted by Crippen LogP contribution is 2.24. The van der Waals surface area contributed by atoms with Crippen LogP contribution in [0.2, 0.25) is 0 Å². The lowest BCUT2D eigenvalue weighted by Crippen LogP contribution is -2.26. The molecule has 0 saturated carbocycles. The van der Waals surface area contributed by atoms with Gasteiger partial charge < -0.3 is 5.32 Å². The number of thiazole rings is 1. The van der Waals surface area contributed by atoms with Crippen LogP contribution in [0, 0.1) is 12.8 Å². The Balaban J connectivity index is 2.09. The molecule has 0 fully saturated rings. The van der Waals surface area contributed by atoms with E-state index < -0.39 is 0 Å². The second-order valence-corrected chi connectivity index (χ2v) is 6.71. The number of nitrogens with zero attached hydrogens (tertiary/aromatic N) is 1. The smallest absolute Gasteiger partial charge is 0.0931 e. The van der Waals surface area contributed by atoms with E-state index >= 15 is 0 Å². The Labute approximate surface area is 126 Å². The van der Waals surface area contributed by atoms with Gasteiger partial charge in [0.15, 0.2) is 0 Å². The highest BCUT2D eigenvalue weighted by molar-refractivity contribution is 7.09. The molecule has 0 aliphatic heterocycles. The first-order valence-corrected chi connectivity index (χ1v) is 8.19. The van der Waals surface area contributed by atoms with Gasteiger partial charge >= 0.3 is 0 Å². The van der Waals surface area contributed by atoms with Crippen LogP contribution in [-0.4, -0.2) is 18.1 Å². The summed E-state index contributed by atoms with van der Waals surface area (Å²) in [5.41, 5.74) is 2.82. The molecule has 1 heterocycles. The number of rotatable bonds is 7. The Morgan fingerprint density at radius 3 is 2.65 bits per heavy atom. The Morgan fingerprint density at radius 1 is 1.20 bits per heavy atom. The van der Waals surface area contributed by atoms with E-state index in [4.69, 9.17) is 0 Å². The second kappa shape index (κ2) is 7.55. The van der Waals surface area contributed by atoms with E-state index in [0.717, 1.165) is 19.5 Å². The van der Waals surface area contributed by atoms with Crippen LogP contribution in [0.1, 0.15) is 35.9 Å². The van der Waals surface area contributed by atoms with Crippen LogP contribution in [-0.2, 0) is 6.42 Å². The number of hydrogen-bond acceptors (Lipinski definition) is 3. The second-order valence-electron chi connectivity index (χ2n) is 5.74. The van der Waals surface area contributed by atoms with Gasteiger partial charge in [-0.3, -0.25) is 0 Å². The summed E-state index contributed by atoms with van der Waals surface area (Å²) in [6.45, 7) is 8.78. The molecule has 0 spiro atoms. The third kappa shape index (κ3) is 4.43. The molecule has 2 aromatic rings. The van der Waals surface area contributed by atoms with Crippen molar-refractivity contribution in [1.29, 1.82) is 0 Å². The molecule has 1 unspecified atom stereocenters.